The lowest BCUT2D eigenvalue weighted by molar-refractivity contribution is 0.0740. The van der Waals surface area contributed by atoms with E-state index in [0.717, 1.165) is 12.8 Å². The van der Waals surface area contributed by atoms with Gasteiger partial charge in [-0.2, -0.15) is 5.26 Å². The van der Waals surface area contributed by atoms with Gasteiger partial charge in [-0.1, -0.05) is 11.6 Å². The number of hydrogen-bond acceptors (Lipinski definition) is 5. The number of aromatic nitrogens is 2. The van der Waals surface area contributed by atoms with E-state index in [4.69, 9.17) is 16.0 Å². The fraction of sp³-hybridized carbons (Fsp3) is 0.438. The number of hydrogen-bond donors (Lipinski definition) is 1. The molecule has 7 nitrogen and oxygen atoms in total. The number of H-pyrrole nitrogens is 1. The number of carbonyl (C=O) groups excluding carboxylic acids is 1. The lowest BCUT2D eigenvalue weighted by Gasteiger charge is -2.34. The number of amides is 1. The normalized spacial score (nSPS) is 17.8. The molecule has 2 aliphatic rings. The molecule has 3 heterocycles. The SMILES string of the molecule is N#Cc1nc(C2CC2)oc1N1CCN(C(=O)c2cc(Cl)c[nH]2)CC1. The average molecular weight is 346 g/mol. The van der Waals surface area contributed by atoms with Crippen molar-refractivity contribution in [1.29, 1.82) is 5.26 Å². The topological polar surface area (TPSA) is 89.2 Å². The summed E-state index contributed by atoms with van der Waals surface area (Å²) in [5.74, 6) is 1.50. The Morgan fingerprint density at radius 1 is 1.38 bits per heavy atom. The molecule has 1 N–H and O–H groups in total. The zero-order valence-corrected chi connectivity index (χ0v) is 13.7. The zero-order chi connectivity index (χ0) is 16.7. The van der Waals surface area contributed by atoms with Crippen LogP contribution in [0.1, 0.15) is 40.8 Å². The van der Waals surface area contributed by atoms with Crippen LogP contribution in [0.25, 0.3) is 0 Å². The van der Waals surface area contributed by atoms with E-state index in [0.29, 0.717) is 60.3 Å². The summed E-state index contributed by atoms with van der Waals surface area (Å²) in [6.07, 6.45) is 3.75. The number of aromatic amines is 1. The maximum Gasteiger partial charge on any atom is 0.270 e. The van der Waals surface area contributed by atoms with Crippen molar-refractivity contribution in [2.45, 2.75) is 18.8 Å². The Hall–Kier alpha value is -2.46. The summed E-state index contributed by atoms with van der Waals surface area (Å²) in [6, 6.07) is 3.74. The monoisotopic (exact) mass is 345 g/mol. The summed E-state index contributed by atoms with van der Waals surface area (Å²) >= 11 is 5.85. The first-order valence-electron chi connectivity index (χ1n) is 7.94. The Morgan fingerprint density at radius 2 is 2.12 bits per heavy atom. The van der Waals surface area contributed by atoms with Crippen molar-refractivity contribution in [2.75, 3.05) is 31.1 Å². The summed E-state index contributed by atoms with van der Waals surface area (Å²) in [7, 11) is 0. The summed E-state index contributed by atoms with van der Waals surface area (Å²) < 4.78 is 5.82. The molecule has 8 heteroatoms. The smallest absolute Gasteiger partial charge is 0.270 e. The minimum atomic E-state index is -0.0710. The number of anilines is 1. The zero-order valence-electron chi connectivity index (χ0n) is 13.0. The molecule has 1 amide bonds. The van der Waals surface area contributed by atoms with Gasteiger partial charge in [0.1, 0.15) is 11.8 Å². The predicted octanol–water partition coefficient (Wildman–Crippen LogP) is 2.37. The van der Waals surface area contributed by atoms with Gasteiger partial charge in [0.25, 0.3) is 5.91 Å². The van der Waals surface area contributed by atoms with Gasteiger partial charge < -0.3 is 19.2 Å². The molecule has 24 heavy (non-hydrogen) atoms. The summed E-state index contributed by atoms with van der Waals surface area (Å²) in [5.41, 5.74) is 0.828. The molecule has 1 aliphatic heterocycles. The van der Waals surface area contributed by atoms with Crippen molar-refractivity contribution in [2.24, 2.45) is 0 Å². The molecule has 0 radical (unpaired) electrons. The standard InChI is InChI=1S/C16H16ClN5O2/c17-11-7-12(19-9-11)15(23)21-3-5-22(6-4-21)16-13(8-18)20-14(24-16)10-1-2-10/h7,9-10,19H,1-6H2. The van der Waals surface area contributed by atoms with Crippen LogP contribution in [0.15, 0.2) is 16.7 Å². The number of piperazine rings is 1. The van der Waals surface area contributed by atoms with Gasteiger partial charge in [-0.05, 0) is 18.9 Å². The highest BCUT2D eigenvalue weighted by molar-refractivity contribution is 6.30. The van der Waals surface area contributed by atoms with E-state index in [1.54, 1.807) is 17.2 Å². The van der Waals surface area contributed by atoms with Gasteiger partial charge in [0.2, 0.25) is 17.5 Å². The number of nitrogens with one attached hydrogen (secondary N) is 1. The van der Waals surface area contributed by atoms with Crippen molar-refractivity contribution in [3.8, 4) is 6.07 Å². The van der Waals surface area contributed by atoms with Crippen LogP contribution in [-0.4, -0.2) is 47.0 Å². The van der Waals surface area contributed by atoms with E-state index >= 15 is 0 Å². The molecule has 0 atom stereocenters. The molecule has 0 bridgehead atoms. The van der Waals surface area contributed by atoms with Gasteiger partial charge in [-0.15, -0.1) is 0 Å². The van der Waals surface area contributed by atoms with Crippen molar-refractivity contribution >= 4 is 23.4 Å². The third-order valence-corrected chi connectivity index (χ3v) is 4.61. The summed E-state index contributed by atoms with van der Waals surface area (Å²) in [4.78, 5) is 23.3. The van der Waals surface area contributed by atoms with Crippen LogP contribution in [0.2, 0.25) is 5.02 Å². The molecule has 1 saturated heterocycles. The van der Waals surface area contributed by atoms with Crippen molar-refractivity contribution in [3.63, 3.8) is 0 Å². The molecular weight excluding hydrogens is 330 g/mol. The molecule has 2 fully saturated rings. The second kappa shape index (κ2) is 5.87. The van der Waals surface area contributed by atoms with E-state index in [2.05, 4.69) is 16.0 Å². The highest BCUT2D eigenvalue weighted by Gasteiger charge is 2.33. The van der Waals surface area contributed by atoms with Gasteiger partial charge in [0, 0.05) is 38.3 Å². The second-order valence-electron chi connectivity index (χ2n) is 6.10. The van der Waals surface area contributed by atoms with E-state index in [1.165, 1.54) is 0 Å². The maximum absolute atomic E-state index is 12.4. The Kier molecular flexibility index (Phi) is 3.69. The molecule has 124 valence electrons. The molecule has 0 spiro atoms. The molecule has 1 saturated carbocycles. The van der Waals surface area contributed by atoms with Crippen LogP contribution < -0.4 is 4.90 Å². The Labute approximate surface area is 143 Å². The van der Waals surface area contributed by atoms with Crippen molar-refractivity contribution < 1.29 is 9.21 Å². The number of carbonyl (C=O) groups is 1. The van der Waals surface area contributed by atoms with Crippen LogP contribution in [0.3, 0.4) is 0 Å². The predicted molar refractivity (Wildman–Crippen MR) is 87.1 cm³/mol. The lowest BCUT2D eigenvalue weighted by Crippen LogP contribution is -2.49. The lowest BCUT2D eigenvalue weighted by atomic mass is 10.2. The van der Waals surface area contributed by atoms with E-state index in [1.807, 2.05) is 4.90 Å². The molecule has 2 aromatic heterocycles. The molecule has 0 unspecified atom stereocenters. The average Bonchev–Trinajstić information content (AvgIpc) is 3.22. The van der Waals surface area contributed by atoms with Gasteiger partial charge in [0.15, 0.2) is 0 Å². The highest BCUT2D eigenvalue weighted by Crippen LogP contribution is 2.41. The number of halogens is 1. The Balaban J connectivity index is 1.44. The van der Waals surface area contributed by atoms with Crippen molar-refractivity contribution in [3.05, 3.63) is 34.6 Å². The molecule has 0 aromatic carbocycles. The van der Waals surface area contributed by atoms with Crippen LogP contribution >= 0.6 is 11.6 Å². The largest absolute Gasteiger partial charge is 0.423 e. The van der Waals surface area contributed by atoms with Crippen LogP contribution in [-0.2, 0) is 0 Å². The first-order chi connectivity index (χ1) is 11.7. The van der Waals surface area contributed by atoms with Crippen LogP contribution in [0.4, 0.5) is 5.88 Å². The Morgan fingerprint density at radius 3 is 2.71 bits per heavy atom. The molecular formula is C16H16ClN5O2. The van der Waals surface area contributed by atoms with E-state index in [-0.39, 0.29) is 5.91 Å². The number of rotatable bonds is 3. The second-order valence-corrected chi connectivity index (χ2v) is 6.54. The summed E-state index contributed by atoms with van der Waals surface area (Å²) in [5, 5.41) is 9.79. The number of oxazole rings is 1. The molecule has 2 aromatic rings. The van der Waals surface area contributed by atoms with Crippen LogP contribution in [0.5, 0.6) is 0 Å². The highest BCUT2D eigenvalue weighted by atomic mass is 35.5. The third kappa shape index (κ3) is 2.74. The van der Waals surface area contributed by atoms with E-state index < -0.39 is 0 Å². The van der Waals surface area contributed by atoms with Gasteiger partial charge in [-0.3, -0.25) is 4.79 Å². The van der Waals surface area contributed by atoms with Crippen LogP contribution in [0, 0.1) is 11.3 Å². The third-order valence-electron chi connectivity index (χ3n) is 4.39. The maximum atomic E-state index is 12.4. The minimum absolute atomic E-state index is 0.0710. The Bertz CT molecular complexity index is 809. The quantitative estimate of drug-likeness (QED) is 0.922. The fourth-order valence-electron chi connectivity index (χ4n) is 2.89. The first kappa shape index (κ1) is 15.1. The first-order valence-corrected chi connectivity index (χ1v) is 8.32. The summed E-state index contributed by atoms with van der Waals surface area (Å²) in [6.45, 7) is 2.32. The van der Waals surface area contributed by atoms with Gasteiger partial charge in [-0.25, -0.2) is 4.98 Å². The van der Waals surface area contributed by atoms with E-state index in [9.17, 15) is 10.1 Å². The molecule has 4 rings (SSSR count). The fourth-order valence-corrected chi connectivity index (χ4v) is 3.06. The minimum Gasteiger partial charge on any atom is -0.423 e. The number of nitriles is 1. The van der Waals surface area contributed by atoms with Gasteiger partial charge >= 0.3 is 0 Å². The van der Waals surface area contributed by atoms with Gasteiger partial charge in [0.05, 0.1) is 5.02 Å². The molecule has 1 aliphatic carbocycles. The number of nitrogens with zero attached hydrogens (tertiary/aromatic N) is 4. The van der Waals surface area contributed by atoms with Crippen molar-refractivity contribution in [1.82, 2.24) is 14.9 Å².